The van der Waals surface area contributed by atoms with Gasteiger partial charge in [-0.25, -0.2) is 4.98 Å². The van der Waals surface area contributed by atoms with Crippen LogP contribution in [0.15, 0.2) is 10.9 Å². The maximum Gasteiger partial charge on any atom is 0.305 e. The van der Waals surface area contributed by atoms with Crippen LogP contribution in [0, 0.1) is 6.92 Å². The van der Waals surface area contributed by atoms with Gasteiger partial charge in [-0.15, -0.1) is 0 Å². The number of nitrogens with one attached hydrogen (secondary N) is 1. The Morgan fingerprint density at radius 2 is 2.33 bits per heavy atom. The van der Waals surface area contributed by atoms with Crippen molar-refractivity contribution >= 4 is 22.3 Å². The molecule has 0 unspecified atom stereocenters. The van der Waals surface area contributed by atoms with Gasteiger partial charge in [0.1, 0.15) is 5.01 Å². The molecule has 0 fully saturated rings. The molecule has 0 atom stereocenters. The van der Waals surface area contributed by atoms with E-state index < -0.39 is 0 Å². The summed E-state index contributed by atoms with van der Waals surface area (Å²) in [6.45, 7) is 5.24. The summed E-state index contributed by atoms with van der Waals surface area (Å²) in [5.41, 5.74) is 0.528. The fourth-order valence-corrected chi connectivity index (χ4v) is 2.73. The lowest BCUT2D eigenvalue weighted by Crippen LogP contribution is -2.18. The highest BCUT2D eigenvalue weighted by Crippen LogP contribution is 2.10. The predicted octanol–water partition coefficient (Wildman–Crippen LogP) is 0.892. The topological polar surface area (TPSA) is 85.6 Å². The first kappa shape index (κ1) is 15.6. The maximum absolute atomic E-state index is 11.7. The Kier molecular flexibility index (Phi) is 5.40. The van der Waals surface area contributed by atoms with Crippen LogP contribution in [0.3, 0.4) is 0 Å². The largest absolute Gasteiger partial charge is 0.466 e. The number of aryl methyl sites for hydroxylation is 1. The summed E-state index contributed by atoms with van der Waals surface area (Å²) < 4.78 is 6.16. The van der Waals surface area contributed by atoms with Crippen molar-refractivity contribution in [3.05, 3.63) is 27.1 Å². The van der Waals surface area contributed by atoms with Gasteiger partial charge >= 0.3 is 5.97 Å². The van der Waals surface area contributed by atoms with Crippen LogP contribution in [0.25, 0.3) is 4.96 Å². The molecule has 114 valence electrons. The molecule has 8 heteroatoms. The minimum absolute atomic E-state index is 0.165. The molecule has 0 spiro atoms. The van der Waals surface area contributed by atoms with Gasteiger partial charge in [-0.05, 0) is 26.8 Å². The summed E-state index contributed by atoms with van der Waals surface area (Å²) in [7, 11) is 0. The fourth-order valence-electron chi connectivity index (χ4n) is 1.82. The lowest BCUT2D eigenvalue weighted by Gasteiger charge is -2.02. The van der Waals surface area contributed by atoms with E-state index in [1.165, 1.54) is 21.9 Å². The summed E-state index contributed by atoms with van der Waals surface area (Å²) in [5, 5.41) is 8.21. The van der Waals surface area contributed by atoms with E-state index in [9.17, 15) is 9.59 Å². The third kappa shape index (κ3) is 4.33. The van der Waals surface area contributed by atoms with Crippen molar-refractivity contribution in [2.24, 2.45) is 0 Å². The van der Waals surface area contributed by atoms with E-state index >= 15 is 0 Å². The Morgan fingerprint density at radius 1 is 1.52 bits per heavy atom. The van der Waals surface area contributed by atoms with Crippen LogP contribution in [0.2, 0.25) is 0 Å². The number of nitrogens with zero attached hydrogens (tertiary/aromatic N) is 3. The first-order valence-corrected chi connectivity index (χ1v) is 7.64. The van der Waals surface area contributed by atoms with Crippen LogP contribution in [0.4, 0.5) is 0 Å². The van der Waals surface area contributed by atoms with Gasteiger partial charge in [0.15, 0.2) is 0 Å². The standard InChI is InChI=1S/C13H18N4O3S/c1-3-20-12(19)5-4-6-14-8-10-16-17-11(18)7-9(2)15-13(17)21-10/h7,14H,3-6,8H2,1-2H3. The van der Waals surface area contributed by atoms with Gasteiger partial charge in [-0.3, -0.25) is 9.59 Å². The molecule has 2 aromatic heterocycles. The number of esters is 1. The van der Waals surface area contributed by atoms with E-state index in [4.69, 9.17) is 4.74 Å². The Bertz CT molecular complexity index is 680. The molecule has 0 saturated heterocycles. The average molecular weight is 310 g/mol. The third-order valence-corrected chi connectivity index (χ3v) is 3.64. The highest BCUT2D eigenvalue weighted by atomic mass is 32.1. The monoisotopic (exact) mass is 310 g/mol. The number of rotatable bonds is 7. The summed E-state index contributed by atoms with van der Waals surface area (Å²) in [4.78, 5) is 27.8. The molecule has 21 heavy (non-hydrogen) atoms. The van der Waals surface area contributed by atoms with E-state index in [1.807, 2.05) is 0 Å². The van der Waals surface area contributed by atoms with E-state index in [-0.39, 0.29) is 11.5 Å². The van der Waals surface area contributed by atoms with Gasteiger partial charge in [-0.1, -0.05) is 11.3 Å². The van der Waals surface area contributed by atoms with Gasteiger partial charge in [-0.2, -0.15) is 9.61 Å². The van der Waals surface area contributed by atoms with Crippen LogP contribution >= 0.6 is 11.3 Å². The number of hydrogen-bond acceptors (Lipinski definition) is 7. The molecule has 0 aliphatic carbocycles. The Morgan fingerprint density at radius 3 is 3.10 bits per heavy atom. The second-order valence-electron chi connectivity index (χ2n) is 4.51. The second kappa shape index (κ2) is 7.28. The predicted molar refractivity (Wildman–Crippen MR) is 79.4 cm³/mol. The van der Waals surface area contributed by atoms with Gasteiger partial charge in [0, 0.05) is 24.7 Å². The van der Waals surface area contributed by atoms with Crippen LogP contribution < -0.4 is 10.9 Å². The Balaban J connectivity index is 1.83. The number of hydrogen-bond donors (Lipinski definition) is 1. The van der Waals surface area contributed by atoms with Gasteiger partial charge in [0.05, 0.1) is 6.61 Å². The molecule has 2 rings (SSSR count). The minimum atomic E-state index is -0.175. The van der Waals surface area contributed by atoms with Gasteiger partial charge < -0.3 is 10.1 Å². The first-order valence-electron chi connectivity index (χ1n) is 6.83. The third-order valence-electron chi connectivity index (χ3n) is 2.73. The second-order valence-corrected chi connectivity index (χ2v) is 5.55. The quantitative estimate of drug-likeness (QED) is 0.604. The van der Waals surface area contributed by atoms with E-state index in [0.717, 1.165) is 5.01 Å². The zero-order valence-corrected chi connectivity index (χ0v) is 12.9. The fraction of sp³-hybridized carbons (Fsp3) is 0.538. The molecule has 0 aliphatic heterocycles. The van der Waals surface area contributed by atoms with Crippen molar-refractivity contribution in [2.75, 3.05) is 13.2 Å². The molecule has 7 nitrogen and oxygen atoms in total. The Hall–Kier alpha value is -1.80. The molecule has 0 saturated carbocycles. The number of aromatic nitrogens is 3. The lowest BCUT2D eigenvalue weighted by atomic mass is 10.3. The van der Waals surface area contributed by atoms with Crippen molar-refractivity contribution in [1.29, 1.82) is 0 Å². The SMILES string of the molecule is CCOC(=O)CCCNCc1nn2c(=O)cc(C)nc2s1. The zero-order chi connectivity index (χ0) is 15.2. The summed E-state index contributed by atoms with van der Waals surface area (Å²) in [6, 6.07) is 1.46. The molecule has 0 bridgehead atoms. The van der Waals surface area contributed by atoms with Crippen LogP contribution in [-0.4, -0.2) is 33.7 Å². The molecule has 2 aromatic rings. The number of carbonyl (C=O) groups excluding carboxylic acids is 1. The Labute approximate surface area is 126 Å². The van der Waals surface area contributed by atoms with Crippen LogP contribution in [0.1, 0.15) is 30.5 Å². The number of carbonyl (C=O) groups is 1. The lowest BCUT2D eigenvalue weighted by molar-refractivity contribution is -0.143. The number of fused-ring (bicyclic) bond motifs is 1. The molecular formula is C13H18N4O3S. The molecule has 0 aromatic carbocycles. The molecule has 0 radical (unpaired) electrons. The smallest absolute Gasteiger partial charge is 0.305 e. The number of ether oxygens (including phenoxy) is 1. The summed E-state index contributed by atoms with van der Waals surface area (Å²) >= 11 is 1.38. The van der Waals surface area contributed by atoms with E-state index in [2.05, 4.69) is 15.4 Å². The minimum Gasteiger partial charge on any atom is -0.466 e. The molecule has 0 amide bonds. The summed E-state index contributed by atoms with van der Waals surface area (Å²) in [5.74, 6) is -0.175. The van der Waals surface area contributed by atoms with Gasteiger partial charge in [0.2, 0.25) is 4.96 Å². The van der Waals surface area contributed by atoms with Gasteiger partial charge in [0.25, 0.3) is 5.56 Å². The maximum atomic E-state index is 11.7. The normalized spacial score (nSPS) is 11.0. The highest BCUT2D eigenvalue weighted by molar-refractivity contribution is 7.16. The average Bonchev–Trinajstić information content (AvgIpc) is 2.81. The van der Waals surface area contributed by atoms with E-state index in [0.29, 0.717) is 43.2 Å². The zero-order valence-electron chi connectivity index (χ0n) is 12.1. The van der Waals surface area contributed by atoms with E-state index in [1.54, 1.807) is 13.8 Å². The highest BCUT2D eigenvalue weighted by Gasteiger charge is 2.07. The molecule has 0 aliphatic rings. The molecule has 2 heterocycles. The van der Waals surface area contributed by atoms with Crippen molar-refractivity contribution in [1.82, 2.24) is 19.9 Å². The molecular weight excluding hydrogens is 292 g/mol. The van der Waals surface area contributed by atoms with Crippen LogP contribution in [0.5, 0.6) is 0 Å². The van der Waals surface area contributed by atoms with Crippen molar-refractivity contribution in [2.45, 2.75) is 33.2 Å². The molecule has 1 N–H and O–H groups in total. The van der Waals surface area contributed by atoms with Crippen molar-refractivity contribution in [3.63, 3.8) is 0 Å². The first-order chi connectivity index (χ1) is 10.1. The van der Waals surface area contributed by atoms with Crippen molar-refractivity contribution in [3.8, 4) is 0 Å². The van der Waals surface area contributed by atoms with Crippen LogP contribution in [-0.2, 0) is 16.1 Å². The summed E-state index contributed by atoms with van der Waals surface area (Å²) in [6.07, 6.45) is 1.11. The van der Waals surface area contributed by atoms with Crippen molar-refractivity contribution < 1.29 is 9.53 Å².